The molecular weight excluding hydrogens is 258 g/mol. The van der Waals surface area contributed by atoms with Crippen LogP contribution in [0.1, 0.15) is 51.0 Å². The van der Waals surface area contributed by atoms with Crippen LogP contribution in [-0.4, -0.2) is 19.7 Å². The molecule has 1 aromatic carbocycles. The Morgan fingerprint density at radius 3 is 2.76 bits per heavy atom. The van der Waals surface area contributed by atoms with Crippen molar-refractivity contribution < 1.29 is 4.74 Å². The second-order valence-corrected chi connectivity index (χ2v) is 5.86. The highest BCUT2D eigenvalue weighted by Gasteiger charge is 2.16. The molecule has 2 rings (SSSR count). The lowest BCUT2D eigenvalue weighted by molar-refractivity contribution is 0.406. The molecular formula is C19H29NO. The predicted molar refractivity (Wildman–Crippen MR) is 89.9 cm³/mol. The van der Waals surface area contributed by atoms with Gasteiger partial charge in [-0.1, -0.05) is 49.6 Å². The molecule has 0 aliphatic heterocycles. The number of methoxy groups -OCH3 is 1. The lowest BCUT2D eigenvalue weighted by Gasteiger charge is -2.24. The van der Waals surface area contributed by atoms with Crippen molar-refractivity contribution in [2.75, 3.05) is 13.7 Å². The first-order chi connectivity index (χ1) is 10.3. The summed E-state index contributed by atoms with van der Waals surface area (Å²) in [4.78, 5) is 0. The Bertz CT molecular complexity index is 453. The number of hydrogen-bond donors (Lipinski definition) is 1. The first-order valence-electron chi connectivity index (χ1n) is 8.39. The van der Waals surface area contributed by atoms with Gasteiger partial charge in [-0.3, -0.25) is 0 Å². The van der Waals surface area contributed by atoms with Crippen molar-refractivity contribution in [2.45, 2.75) is 57.9 Å². The topological polar surface area (TPSA) is 21.3 Å². The number of para-hydroxylation sites is 1. The van der Waals surface area contributed by atoms with Gasteiger partial charge >= 0.3 is 0 Å². The number of hydrogen-bond acceptors (Lipinski definition) is 2. The zero-order chi connectivity index (χ0) is 14.9. The molecule has 1 N–H and O–H groups in total. The van der Waals surface area contributed by atoms with Crippen molar-refractivity contribution in [3.8, 4) is 5.75 Å². The van der Waals surface area contributed by atoms with Crippen LogP contribution in [0.3, 0.4) is 0 Å². The van der Waals surface area contributed by atoms with Gasteiger partial charge in [-0.2, -0.15) is 0 Å². The zero-order valence-corrected chi connectivity index (χ0v) is 13.5. The normalized spacial score (nSPS) is 20.0. The third-order valence-corrected chi connectivity index (χ3v) is 4.34. The van der Waals surface area contributed by atoms with Crippen LogP contribution in [0.25, 0.3) is 0 Å². The van der Waals surface area contributed by atoms with E-state index in [1.54, 1.807) is 12.7 Å². The minimum absolute atomic E-state index is 0.449. The largest absolute Gasteiger partial charge is 0.496 e. The van der Waals surface area contributed by atoms with Gasteiger partial charge in [-0.05, 0) is 50.3 Å². The van der Waals surface area contributed by atoms with Crippen molar-refractivity contribution >= 4 is 0 Å². The molecule has 2 nitrogen and oxygen atoms in total. The molecule has 0 radical (unpaired) electrons. The van der Waals surface area contributed by atoms with Gasteiger partial charge in [-0.25, -0.2) is 0 Å². The van der Waals surface area contributed by atoms with Gasteiger partial charge in [0.05, 0.1) is 7.11 Å². The molecule has 0 heterocycles. The van der Waals surface area contributed by atoms with E-state index in [-0.39, 0.29) is 0 Å². The summed E-state index contributed by atoms with van der Waals surface area (Å²) in [6, 6.07) is 8.84. The second-order valence-electron chi connectivity index (χ2n) is 5.86. The maximum Gasteiger partial charge on any atom is 0.122 e. The summed E-state index contributed by atoms with van der Waals surface area (Å²) >= 11 is 0. The third-order valence-electron chi connectivity index (χ3n) is 4.34. The SMILES string of the molecule is CCNC(Cc1ccccc1OC)/C1=C/CCCCCC1. The van der Waals surface area contributed by atoms with Crippen LogP contribution in [0.4, 0.5) is 0 Å². The highest BCUT2D eigenvalue weighted by molar-refractivity contribution is 5.35. The number of ether oxygens (including phenoxy) is 1. The molecule has 0 fully saturated rings. The summed E-state index contributed by atoms with van der Waals surface area (Å²) in [6.45, 7) is 3.20. The van der Waals surface area contributed by atoms with Crippen LogP contribution in [-0.2, 0) is 6.42 Å². The summed E-state index contributed by atoms with van der Waals surface area (Å²) in [5.41, 5.74) is 2.90. The summed E-state index contributed by atoms with van der Waals surface area (Å²) in [7, 11) is 1.76. The molecule has 2 heteroatoms. The molecule has 1 aromatic rings. The fourth-order valence-electron chi connectivity index (χ4n) is 3.21. The van der Waals surface area contributed by atoms with Gasteiger partial charge in [0.25, 0.3) is 0 Å². The molecule has 1 atom stereocenters. The van der Waals surface area contributed by atoms with Gasteiger partial charge in [0.2, 0.25) is 0 Å². The van der Waals surface area contributed by atoms with E-state index in [0.717, 1.165) is 18.7 Å². The fraction of sp³-hybridized carbons (Fsp3) is 0.579. The van der Waals surface area contributed by atoms with Crippen molar-refractivity contribution in [3.63, 3.8) is 0 Å². The Labute approximate surface area is 129 Å². The summed E-state index contributed by atoms with van der Waals surface area (Å²) in [5, 5.41) is 3.68. The molecule has 0 amide bonds. The fourth-order valence-corrected chi connectivity index (χ4v) is 3.21. The minimum atomic E-state index is 0.449. The monoisotopic (exact) mass is 287 g/mol. The maximum atomic E-state index is 5.51. The Kier molecular flexibility index (Phi) is 6.81. The lowest BCUT2D eigenvalue weighted by atomic mass is 9.91. The first kappa shape index (κ1) is 16.1. The highest BCUT2D eigenvalue weighted by atomic mass is 16.5. The van der Waals surface area contributed by atoms with Gasteiger partial charge in [0, 0.05) is 6.04 Å². The predicted octanol–water partition coefficient (Wildman–Crippen LogP) is 4.50. The van der Waals surface area contributed by atoms with Gasteiger partial charge in [0.1, 0.15) is 5.75 Å². The Morgan fingerprint density at radius 2 is 1.95 bits per heavy atom. The number of likely N-dealkylation sites (N-methyl/N-ethyl adjacent to an activating group) is 1. The van der Waals surface area contributed by atoms with Crippen LogP contribution in [0.5, 0.6) is 5.75 Å². The Balaban J connectivity index is 2.13. The number of rotatable bonds is 6. The van der Waals surface area contributed by atoms with E-state index < -0.39 is 0 Å². The molecule has 0 bridgehead atoms. The summed E-state index contributed by atoms with van der Waals surface area (Å²) < 4.78 is 5.51. The Morgan fingerprint density at radius 1 is 1.14 bits per heavy atom. The Hall–Kier alpha value is -1.28. The smallest absolute Gasteiger partial charge is 0.122 e. The first-order valence-corrected chi connectivity index (χ1v) is 8.39. The van der Waals surface area contributed by atoms with Gasteiger partial charge < -0.3 is 10.1 Å². The van der Waals surface area contributed by atoms with E-state index in [4.69, 9.17) is 4.74 Å². The van der Waals surface area contributed by atoms with E-state index in [2.05, 4.69) is 36.5 Å². The second kappa shape index (κ2) is 8.89. The molecule has 116 valence electrons. The number of allylic oxidation sites excluding steroid dienone is 1. The average molecular weight is 287 g/mol. The quantitative estimate of drug-likeness (QED) is 0.778. The molecule has 1 unspecified atom stereocenters. The van der Waals surface area contributed by atoms with Crippen LogP contribution in [0.2, 0.25) is 0 Å². The van der Waals surface area contributed by atoms with E-state index >= 15 is 0 Å². The van der Waals surface area contributed by atoms with Gasteiger partial charge in [0.15, 0.2) is 0 Å². The van der Waals surface area contributed by atoms with Crippen LogP contribution in [0, 0.1) is 0 Å². The summed E-state index contributed by atoms with van der Waals surface area (Å²) in [5.74, 6) is 1.01. The van der Waals surface area contributed by atoms with Crippen LogP contribution >= 0.6 is 0 Å². The van der Waals surface area contributed by atoms with Crippen molar-refractivity contribution in [1.82, 2.24) is 5.32 Å². The molecule has 0 saturated heterocycles. The maximum absolute atomic E-state index is 5.51. The van der Waals surface area contributed by atoms with E-state index in [1.165, 1.54) is 44.1 Å². The van der Waals surface area contributed by atoms with Crippen molar-refractivity contribution in [1.29, 1.82) is 0 Å². The van der Waals surface area contributed by atoms with Crippen molar-refractivity contribution in [3.05, 3.63) is 41.5 Å². The molecule has 0 aromatic heterocycles. The molecule has 1 aliphatic rings. The number of benzene rings is 1. The van der Waals surface area contributed by atoms with Gasteiger partial charge in [-0.15, -0.1) is 0 Å². The number of nitrogens with one attached hydrogen (secondary N) is 1. The van der Waals surface area contributed by atoms with E-state index in [1.807, 2.05) is 6.07 Å². The average Bonchev–Trinajstić information content (AvgIpc) is 2.47. The molecule has 0 saturated carbocycles. The third kappa shape index (κ3) is 4.89. The molecule has 21 heavy (non-hydrogen) atoms. The molecule has 0 spiro atoms. The highest BCUT2D eigenvalue weighted by Crippen LogP contribution is 2.25. The molecule has 1 aliphatic carbocycles. The minimum Gasteiger partial charge on any atom is -0.496 e. The van der Waals surface area contributed by atoms with Crippen molar-refractivity contribution in [2.24, 2.45) is 0 Å². The van der Waals surface area contributed by atoms with E-state index in [9.17, 15) is 0 Å². The van der Waals surface area contributed by atoms with Crippen LogP contribution in [0.15, 0.2) is 35.9 Å². The standard InChI is InChI=1S/C19H29NO/c1-3-20-18(16-11-7-5-4-6-8-12-16)15-17-13-9-10-14-19(17)21-2/h9-11,13-14,18,20H,3-8,12,15H2,1-2H3/b16-11+. The van der Waals surface area contributed by atoms with E-state index in [0.29, 0.717) is 6.04 Å². The zero-order valence-electron chi connectivity index (χ0n) is 13.5. The summed E-state index contributed by atoms with van der Waals surface area (Å²) in [6.07, 6.45) is 11.4. The lowest BCUT2D eigenvalue weighted by Crippen LogP contribution is -2.33. The van der Waals surface area contributed by atoms with Crippen LogP contribution < -0.4 is 10.1 Å².